The molecule has 4 aromatic heterocycles. The van der Waals surface area contributed by atoms with Gasteiger partial charge >= 0.3 is 0 Å². The van der Waals surface area contributed by atoms with Crippen LogP contribution in [0.2, 0.25) is 0 Å². The van der Waals surface area contributed by atoms with E-state index < -0.39 is 0 Å². The molecule has 0 saturated heterocycles. The molecule has 0 saturated carbocycles. The van der Waals surface area contributed by atoms with Crippen LogP contribution in [0.1, 0.15) is 135 Å². The summed E-state index contributed by atoms with van der Waals surface area (Å²) < 4.78 is 13.7. The van der Waals surface area contributed by atoms with Crippen molar-refractivity contribution < 1.29 is 4.42 Å². The van der Waals surface area contributed by atoms with Gasteiger partial charge in [-0.05, 0) is 238 Å². The summed E-state index contributed by atoms with van der Waals surface area (Å²) in [7, 11) is 0. The van der Waals surface area contributed by atoms with Crippen molar-refractivity contribution in [1.29, 1.82) is 0 Å². The Bertz CT molecular complexity index is 7110. The lowest BCUT2D eigenvalue weighted by Crippen LogP contribution is -2.13. The lowest BCUT2D eigenvalue weighted by Gasteiger charge is -2.27. The van der Waals surface area contributed by atoms with E-state index in [0.717, 1.165) is 56.1 Å². The standard InChI is InChI=1S/C34H30N2.C28H25NO.2C28H25NS.4CH4/c1-34(2,3)25-18-20-28(21-19-25)35(26-12-6-4-7-13-26)29-22-23-33-31(24-29)30-16-10-11-17-32(30)36(33)27-14-8-5-9-15-27;1-28(2,3)20-13-15-22(16-14-20)29(21-9-5-4-6-10-21)23-17-18-27-25(19-23)24-11-7-8-12-26(24)30-27;1-28(2,3)20-16-18-22(19-17-20)29(21-10-5-4-6-11-21)25-14-9-13-24-23-12-7-8-15-26(23)30-27(24)25;1-28(2,3)20-13-15-22(16-14-20)29(21-9-5-4-6-10-21)23-17-18-27-25(19-23)24-11-7-8-12-26(24)30-27;;;;/h4-24H,1-3H3;3*4-19H,1-3H3;4*1H4. The molecule has 0 amide bonds. The van der Waals surface area contributed by atoms with Gasteiger partial charge in [-0.2, -0.15) is 0 Å². The molecule has 6 nitrogen and oxygen atoms in total. The van der Waals surface area contributed by atoms with Crippen molar-refractivity contribution in [2.24, 2.45) is 0 Å². The summed E-state index contributed by atoms with van der Waals surface area (Å²) in [5, 5.41) is 10.1. The highest BCUT2D eigenvalue weighted by molar-refractivity contribution is 7.26. The second kappa shape index (κ2) is 38.9. The van der Waals surface area contributed by atoms with Crippen molar-refractivity contribution in [1.82, 2.24) is 4.57 Å². The number of hydrogen-bond donors (Lipinski definition) is 0. The maximum absolute atomic E-state index is 6.03. The maximum Gasteiger partial charge on any atom is 0.135 e. The largest absolute Gasteiger partial charge is 0.456 e. The van der Waals surface area contributed by atoms with Gasteiger partial charge in [-0.15, -0.1) is 22.7 Å². The van der Waals surface area contributed by atoms with Crippen LogP contribution in [-0.4, -0.2) is 4.57 Å². The number of anilines is 12. The van der Waals surface area contributed by atoms with Gasteiger partial charge in [-0.25, -0.2) is 0 Å². The number of aromatic nitrogens is 1. The molecule has 8 heteroatoms. The molecule has 0 unspecified atom stereocenters. The number of nitrogens with zero attached hydrogens (tertiary/aromatic N) is 5. The van der Waals surface area contributed by atoms with E-state index in [1.165, 1.54) is 124 Å². The number of fused-ring (bicyclic) bond motifs is 12. The first-order valence-electron chi connectivity index (χ1n) is 43.7. The molecule has 0 radical (unpaired) electrons. The molecule has 0 aliphatic carbocycles. The predicted molar refractivity (Wildman–Crippen MR) is 574 cm³/mol. The van der Waals surface area contributed by atoms with E-state index in [-0.39, 0.29) is 51.4 Å². The topological polar surface area (TPSA) is 31.0 Å². The molecule has 17 aromatic carbocycles. The molecule has 0 bridgehead atoms. The van der Waals surface area contributed by atoms with Crippen LogP contribution in [0.25, 0.3) is 89.8 Å². The van der Waals surface area contributed by atoms with Crippen molar-refractivity contribution in [2.75, 3.05) is 19.6 Å². The van der Waals surface area contributed by atoms with Crippen LogP contribution in [0.4, 0.5) is 68.2 Å². The molecule has 652 valence electrons. The first kappa shape index (κ1) is 92.2. The summed E-state index contributed by atoms with van der Waals surface area (Å²) in [6.07, 6.45) is 0. The van der Waals surface area contributed by atoms with Crippen molar-refractivity contribution in [2.45, 2.75) is 134 Å². The first-order valence-corrected chi connectivity index (χ1v) is 45.3. The summed E-state index contributed by atoms with van der Waals surface area (Å²) in [6, 6.07) is 150. The van der Waals surface area contributed by atoms with E-state index in [4.69, 9.17) is 4.42 Å². The van der Waals surface area contributed by atoms with Gasteiger partial charge in [0.25, 0.3) is 0 Å². The molecule has 4 heterocycles. The third kappa shape index (κ3) is 19.2. The minimum absolute atomic E-state index is 0. The number of benzene rings is 17. The summed E-state index contributed by atoms with van der Waals surface area (Å²) in [5.74, 6) is 0. The van der Waals surface area contributed by atoms with Gasteiger partial charge in [0.05, 0.1) is 21.4 Å². The summed E-state index contributed by atoms with van der Waals surface area (Å²) in [5.41, 5.74) is 25.3. The Balaban J connectivity index is 0.000000139. The van der Waals surface area contributed by atoms with Gasteiger partial charge in [0.2, 0.25) is 0 Å². The molecule has 0 atom stereocenters. The SMILES string of the molecule is C.C.C.C.CC(C)(C)c1ccc(N(c2ccccc2)c2ccc3c(c2)c2ccccc2n3-c2ccccc2)cc1.CC(C)(C)c1ccc(N(c2ccccc2)c2ccc3oc4ccccc4c3c2)cc1.CC(C)(C)c1ccc(N(c2ccccc2)c2ccc3sc4ccccc4c3c2)cc1.CC(C)(C)c1ccc(N(c2ccccc2)c2cccc3c2sc2ccccc23)cc1. The lowest BCUT2D eigenvalue weighted by atomic mass is 9.87. The smallest absolute Gasteiger partial charge is 0.135 e. The Morgan fingerprint density at radius 3 is 0.962 bits per heavy atom. The summed E-state index contributed by atoms with van der Waals surface area (Å²) in [4.78, 5) is 9.37. The highest BCUT2D eigenvalue weighted by Gasteiger charge is 2.25. The van der Waals surface area contributed by atoms with Crippen molar-refractivity contribution in [3.8, 4) is 5.69 Å². The van der Waals surface area contributed by atoms with Crippen LogP contribution in [0.3, 0.4) is 0 Å². The summed E-state index contributed by atoms with van der Waals surface area (Å²) >= 11 is 3.73. The van der Waals surface area contributed by atoms with Crippen LogP contribution in [0, 0.1) is 0 Å². The highest BCUT2D eigenvalue weighted by atomic mass is 32.1. The van der Waals surface area contributed by atoms with Crippen LogP contribution < -0.4 is 19.6 Å². The van der Waals surface area contributed by atoms with Crippen molar-refractivity contribution in [3.63, 3.8) is 0 Å². The first-order chi connectivity index (χ1) is 61.0. The van der Waals surface area contributed by atoms with Crippen molar-refractivity contribution in [3.05, 3.63) is 441 Å². The van der Waals surface area contributed by atoms with Gasteiger partial charge in [-0.3, -0.25) is 0 Å². The number of rotatable bonds is 13. The fourth-order valence-electron chi connectivity index (χ4n) is 17.1. The van der Waals surface area contributed by atoms with Gasteiger partial charge in [0, 0.05) is 125 Å². The zero-order valence-corrected chi connectivity index (χ0v) is 75.4. The normalized spacial score (nSPS) is 11.4. The second-order valence-electron chi connectivity index (χ2n) is 36.6. The van der Waals surface area contributed by atoms with Crippen LogP contribution in [0.5, 0.6) is 0 Å². The van der Waals surface area contributed by atoms with Gasteiger partial charge in [-0.1, -0.05) is 337 Å². The maximum atomic E-state index is 6.03. The van der Waals surface area contributed by atoms with Crippen LogP contribution >= 0.6 is 22.7 Å². The fraction of sp³-hybridized carbons (Fsp3) is 0.164. The predicted octanol–water partition coefficient (Wildman–Crippen LogP) is 38.1. The molecule has 21 rings (SSSR count). The van der Waals surface area contributed by atoms with E-state index in [2.05, 4.69) is 514 Å². The zero-order valence-electron chi connectivity index (χ0n) is 73.8. The molecular formula is C122H121N5OS2. The molecule has 21 aromatic rings. The van der Waals surface area contributed by atoms with E-state index in [1.807, 2.05) is 34.8 Å². The number of thiophene rings is 2. The Kier molecular flexibility index (Phi) is 27.6. The van der Waals surface area contributed by atoms with Gasteiger partial charge in [0.1, 0.15) is 11.2 Å². The zero-order chi connectivity index (χ0) is 86.9. The Hall–Kier alpha value is -14.0. The Morgan fingerprint density at radius 2 is 0.508 bits per heavy atom. The minimum atomic E-state index is 0. The van der Waals surface area contributed by atoms with E-state index in [9.17, 15) is 0 Å². The molecule has 0 aliphatic rings. The molecular weight excluding hydrogens is 1620 g/mol. The minimum Gasteiger partial charge on any atom is -0.456 e. The van der Waals surface area contributed by atoms with Crippen molar-refractivity contribution >= 4 is 175 Å². The lowest BCUT2D eigenvalue weighted by molar-refractivity contribution is 0.590. The van der Waals surface area contributed by atoms with Crippen LogP contribution in [0.15, 0.2) is 423 Å². The molecule has 0 N–H and O–H groups in total. The Labute approximate surface area is 778 Å². The van der Waals surface area contributed by atoms with E-state index in [1.54, 1.807) is 0 Å². The quantitative estimate of drug-likeness (QED) is 0.115. The van der Waals surface area contributed by atoms with Gasteiger partial charge in [0.15, 0.2) is 0 Å². The second-order valence-corrected chi connectivity index (χ2v) is 38.7. The van der Waals surface area contributed by atoms with Gasteiger partial charge < -0.3 is 28.6 Å². The summed E-state index contributed by atoms with van der Waals surface area (Å²) in [6.45, 7) is 27.1. The number of para-hydroxylation sites is 7. The highest BCUT2D eigenvalue weighted by Crippen LogP contribution is 2.48. The molecule has 0 fully saturated rings. The number of furan rings is 1. The third-order valence-corrected chi connectivity index (χ3v) is 26.2. The van der Waals surface area contributed by atoms with Crippen LogP contribution in [-0.2, 0) is 21.7 Å². The average Bonchev–Trinajstić information content (AvgIpc) is 1.58. The molecule has 0 aliphatic heterocycles. The number of hydrogen-bond acceptors (Lipinski definition) is 7. The average molecular weight is 1740 g/mol. The van der Waals surface area contributed by atoms with E-state index in [0.29, 0.717) is 0 Å². The fourth-order valence-corrected chi connectivity index (χ4v) is 19.4. The monoisotopic (exact) mass is 1740 g/mol. The Morgan fingerprint density at radius 1 is 0.208 bits per heavy atom. The molecule has 130 heavy (non-hydrogen) atoms. The van der Waals surface area contributed by atoms with E-state index >= 15 is 0 Å². The third-order valence-electron chi connectivity index (χ3n) is 23.8. The molecule has 0 spiro atoms.